The van der Waals surface area contributed by atoms with Gasteiger partial charge in [-0.1, -0.05) is 32.4 Å². The molecule has 2 rings (SSSR count). The molecule has 0 saturated carbocycles. The summed E-state index contributed by atoms with van der Waals surface area (Å²) in [5, 5.41) is 6.55. The third-order valence-corrected chi connectivity index (χ3v) is 3.20. The third-order valence-electron chi connectivity index (χ3n) is 2.91. The summed E-state index contributed by atoms with van der Waals surface area (Å²) in [7, 11) is 0. The topological polar surface area (TPSA) is 54.0 Å². The normalized spacial score (nSPS) is 14.5. The number of hydrogen-bond donors (Lipinski definition) is 2. The summed E-state index contributed by atoms with van der Waals surface area (Å²) in [5.74, 6) is 0.420. The van der Waals surface area contributed by atoms with Crippen LogP contribution >= 0.6 is 11.6 Å². The number of aryl methyl sites for hydroxylation is 1. The van der Waals surface area contributed by atoms with Crippen LogP contribution in [0.2, 0.25) is 5.02 Å². The van der Waals surface area contributed by atoms with E-state index in [4.69, 9.17) is 11.6 Å². The van der Waals surface area contributed by atoms with Gasteiger partial charge in [0.1, 0.15) is 0 Å². The first kappa shape index (κ1) is 14.1. The summed E-state index contributed by atoms with van der Waals surface area (Å²) in [6.45, 7) is 7.02. The monoisotopic (exact) mass is 281 g/mol. The van der Waals surface area contributed by atoms with E-state index in [0.717, 1.165) is 30.8 Å². The first-order valence-corrected chi connectivity index (χ1v) is 6.96. The maximum Gasteiger partial charge on any atom is 0.226 e. The Morgan fingerprint density at radius 1 is 1.53 bits per heavy atom. The Balaban J connectivity index is 2.14. The van der Waals surface area contributed by atoms with Crippen molar-refractivity contribution in [1.29, 1.82) is 0 Å². The summed E-state index contributed by atoms with van der Waals surface area (Å²) >= 11 is 6.16. The van der Waals surface area contributed by atoms with Crippen LogP contribution in [0.4, 0.5) is 11.5 Å². The second-order valence-electron chi connectivity index (χ2n) is 6.13. The average molecular weight is 282 g/mol. The summed E-state index contributed by atoms with van der Waals surface area (Å²) < 4.78 is 0. The molecule has 0 bridgehead atoms. The molecule has 1 aromatic heterocycles. The van der Waals surface area contributed by atoms with Crippen molar-refractivity contribution in [2.24, 2.45) is 5.41 Å². The molecule has 2 heterocycles. The van der Waals surface area contributed by atoms with E-state index >= 15 is 0 Å². The molecule has 1 aliphatic rings. The van der Waals surface area contributed by atoms with Crippen molar-refractivity contribution in [2.75, 3.05) is 17.2 Å². The van der Waals surface area contributed by atoms with E-state index < -0.39 is 0 Å². The molecular weight excluding hydrogens is 262 g/mol. The molecular formula is C14H20ClN3O. The van der Waals surface area contributed by atoms with Gasteiger partial charge in [-0.3, -0.25) is 4.79 Å². The Morgan fingerprint density at radius 2 is 2.26 bits per heavy atom. The molecule has 104 valence electrons. The van der Waals surface area contributed by atoms with E-state index in [-0.39, 0.29) is 11.3 Å². The maximum atomic E-state index is 11.9. The fourth-order valence-corrected chi connectivity index (χ4v) is 2.29. The van der Waals surface area contributed by atoms with Crippen LogP contribution in [0.5, 0.6) is 0 Å². The summed E-state index contributed by atoms with van der Waals surface area (Å²) in [6, 6.07) is 1.84. The number of pyridine rings is 1. The van der Waals surface area contributed by atoms with Gasteiger partial charge in [0.15, 0.2) is 5.82 Å². The summed E-state index contributed by atoms with van der Waals surface area (Å²) in [6.07, 6.45) is 2.42. The van der Waals surface area contributed by atoms with E-state index in [2.05, 4.69) is 15.6 Å². The molecule has 5 heteroatoms. The Hall–Kier alpha value is -1.29. The standard InChI is InChI=1S/C14H20ClN3O/c1-14(2,3)8-12(19)18-13-9(15)7-11-10(17-13)5-4-6-16-11/h7,16H,4-6,8H2,1-3H3,(H,17,18,19). The van der Waals surface area contributed by atoms with E-state index in [1.807, 2.05) is 26.8 Å². The lowest BCUT2D eigenvalue weighted by Gasteiger charge is -2.20. The fraction of sp³-hybridized carbons (Fsp3) is 0.571. The second kappa shape index (κ2) is 5.37. The lowest BCUT2D eigenvalue weighted by atomic mass is 9.92. The van der Waals surface area contributed by atoms with E-state index in [0.29, 0.717) is 17.3 Å². The molecule has 0 spiro atoms. The molecule has 0 unspecified atom stereocenters. The predicted molar refractivity (Wildman–Crippen MR) is 78.8 cm³/mol. The highest BCUT2D eigenvalue weighted by atomic mass is 35.5. The number of hydrogen-bond acceptors (Lipinski definition) is 3. The number of carbonyl (C=O) groups is 1. The van der Waals surface area contributed by atoms with Crippen LogP contribution in [0, 0.1) is 5.41 Å². The number of halogens is 1. The number of carbonyl (C=O) groups excluding carboxylic acids is 1. The van der Waals surface area contributed by atoms with Crippen molar-refractivity contribution in [3.8, 4) is 0 Å². The lowest BCUT2D eigenvalue weighted by molar-refractivity contribution is -0.117. The highest BCUT2D eigenvalue weighted by Crippen LogP contribution is 2.29. The maximum absolute atomic E-state index is 11.9. The van der Waals surface area contributed by atoms with Crippen LogP contribution in [0.3, 0.4) is 0 Å². The van der Waals surface area contributed by atoms with Crippen LogP contribution in [0.25, 0.3) is 0 Å². The van der Waals surface area contributed by atoms with Crippen molar-refractivity contribution in [2.45, 2.75) is 40.0 Å². The molecule has 0 aliphatic carbocycles. The molecule has 0 radical (unpaired) electrons. The number of aromatic nitrogens is 1. The Kier molecular flexibility index (Phi) is 3.99. The SMILES string of the molecule is CC(C)(C)CC(=O)Nc1nc2c(cc1Cl)NCCC2. The Morgan fingerprint density at radius 3 is 2.95 bits per heavy atom. The van der Waals surface area contributed by atoms with Gasteiger partial charge in [-0.05, 0) is 24.3 Å². The highest BCUT2D eigenvalue weighted by Gasteiger charge is 2.19. The van der Waals surface area contributed by atoms with Gasteiger partial charge in [0.05, 0.1) is 16.4 Å². The number of anilines is 2. The fourth-order valence-electron chi connectivity index (χ4n) is 2.10. The molecule has 1 aromatic rings. The van der Waals surface area contributed by atoms with Gasteiger partial charge in [0, 0.05) is 13.0 Å². The largest absolute Gasteiger partial charge is 0.384 e. The first-order chi connectivity index (χ1) is 8.85. The highest BCUT2D eigenvalue weighted by molar-refractivity contribution is 6.33. The third kappa shape index (κ3) is 3.83. The number of nitrogens with one attached hydrogen (secondary N) is 2. The van der Waals surface area contributed by atoms with Gasteiger partial charge in [0.2, 0.25) is 5.91 Å². The molecule has 0 fully saturated rings. The zero-order chi connectivity index (χ0) is 14.0. The minimum absolute atomic E-state index is 0.0493. The van der Waals surface area contributed by atoms with E-state index in [9.17, 15) is 4.79 Å². The van der Waals surface area contributed by atoms with Gasteiger partial charge in [0.25, 0.3) is 0 Å². The van der Waals surface area contributed by atoms with Crippen molar-refractivity contribution >= 4 is 29.0 Å². The minimum Gasteiger partial charge on any atom is -0.384 e. The van der Waals surface area contributed by atoms with E-state index in [1.54, 1.807) is 0 Å². The van der Waals surface area contributed by atoms with Gasteiger partial charge >= 0.3 is 0 Å². The number of fused-ring (bicyclic) bond motifs is 1. The van der Waals surface area contributed by atoms with Gasteiger partial charge in [-0.2, -0.15) is 0 Å². The molecule has 2 N–H and O–H groups in total. The molecule has 0 aromatic carbocycles. The number of amides is 1. The second-order valence-corrected chi connectivity index (χ2v) is 6.54. The quantitative estimate of drug-likeness (QED) is 0.873. The smallest absolute Gasteiger partial charge is 0.226 e. The van der Waals surface area contributed by atoms with Crippen molar-refractivity contribution in [3.05, 3.63) is 16.8 Å². The Bertz CT molecular complexity index is 494. The summed E-state index contributed by atoms with van der Waals surface area (Å²) in [5.41, 5.74) is 1.90. The summed E-state index contributed by atoms with van der Waals surface area (Å²) in [4.78, 5) is 16.4. The minimum atomic E-state index is -0.0504. The lowest BCUT2D eigenvalue weighted by Crippen LogP contribution is -2.21. The number of rotatable bonds is 2. The van der Waals surface area contributed by atoms with Crippen LogP contribution < -0.4 is 10.6 Å². The molecule has 0 atom stereocenters. The van der Waals surface area contributed by atoms with Gasteiger partial charge < -0.3 is 10.6 Å². The average Bonchev–Trinajstić information content (AvgIpc) is 2.27. The van der Waals surface area contributed by atoms with Crippen LogP contribution in [-0.2, 0) is 11.2 Å². The van der Waals surface area contributed by atoms with E-state index in [1.165, 1.54) is 0 Å². The van der Waals surface area contributed by atoms with Crippen molar-refractivity contribution in [3.63, 3.8) is 0 Å². The molecule has 4 nitrogen and oxygen atoms in total. The van der Waals surface area contributed by atoms with Crippen LogP contribution in [0.1, 0.15) is 39.3 Å². The zero-order valence-electron chi connectivity index (χ0n) is 11.6. The number of nitrogens with zero attached hydrogens (tertiary/aromatic N) is 1. The first-order valence-electron chi connectivity index (χ1n) is 6.58. The molecule has 19 heavy (non-hydrogen) atoms. The van der Waals surface area contributed by atoms with Crippen LogP contribution in [0.15, 0.2) is 6.07 Å². The van der Waals surface area contributed by atoms with Gasteiger partial charge in [-0.25, -0.2) is 4.98 Å². The predicted octanol–water partition coefficient (Wildman–Crippen LogP) is 3.47. The molecule has 1 amide bonds. The van der Waals surface area contributed by atoms with Gasteiger partial charge in [-0.15, -0.1) is 0 Å². The molecule has 0 saturated heterocycles. The van der Waals surface area contributed by atoms with Crippen LogP contribution in [-0.4, -0.2) is 17.4 Å². The van der Waals surface area contributed by atoms with Crippen molar-refractivity contribution in [1.82, 2.24) is 4.98 Å². The molecule has 1 aliphatic heterocycles. The van der Waals surface area contributed by atoms with Crippen molar-refractivity contribution < 1.29 is 4.79 Å². The zero-order valence-corrected chi connectivity index (χ0v) is 12.4. The Labute approximate surface area is 118 Å².